The van der Waals surface area contributed by atoms with E-state index < -0.39 is 0 Å². The lowest BCUT2D eigenvalue weighted by Gasteiger charge is -2.26. The van der Waals surface area contributed by atoms with Crippen LogP contribution in [0.1, 0.15) is 71.3 Å². The van der Waals surface area contributed by atoms with Crippen LogP contribution in [-0.4, -0.2) is 59.3 Å². The monoisotopic (exact) mass is 668 g/mol. The third-order valence-corrected chi connectivity index (χ3v) is 8.80. The predicted molar refractivity (Wildman–Crippen MR) is 215 cm³/mol. The van der Waals surface area contributed by atoms with Crippen LogP contribution < -0.4 is 11.5 Å². The Morgan fingerprint density at radius 2 is 1.49 bits per heavy atom. The fourth-order valence-corrected chi connectivity index (χ4v) is 4.98. The molecule has 49 heavy (non-hydrogen) atoms. The molecule has 0 radical (unpaired) electrons. The Labute approximate surface area is 299 Å². The second-order valence-electron chi connectivity index (χ2n) is 12.7. The highest BCUT2D eigenvalue weighted by atomic mass is 15.6. The zero-order valence-corrected chi connectivity index (χ0v) is 31.5. The highest BCUT2D eigenvalue weighted by Gasteiger charge is 2.24. The molecule has 2 aliphatic rings. The molecule has 0 aromatic heterocycles. The fraction of sp³-hybridized carbons (Fsp3) is 0.405. The molecule has 1 atom stereocenters. The van der Waals surface area contributed by atoms with Crippen molar-refractivity contribution in [1.29, 1.82) is 0 Å². The van der Waals surface area contributed by atoms with Crippen LogP contribution >= 0.6 is 0 Å². The first-order chi connectivity index (χ1) is 23.4. The average Bonchev–Trinajstić information content (AvgIpc) is 3.77. The van der Waals surface area contributed by atoms with E-state index in [0.717, 1.165) is 66.8 Å². The summed E-state index contributed by atoms with van der Waals surface area (Å²) in [5.41, 5.74) is 17.0. The number of aryl methyl sites for hydroxylation is 1. The summed E-state index contributed by atoms with van der Waals surface area (Å²) in [6, 6.07) is 10.6. The molecule has 1 aromatic rings. The predicted octanol–water partition coefficient (Wildman–Crippen LogP) is 9.18. The molecule has 0 bridgehead atoms. The van der Waals surface area contributed by atoms with E-state index in [0.29, 0.717) is 6.04 Å². The molecular formula is C42H65N7. The van der Waals surface area contributed by atoms with Crippen molar-refractivity contribution < 1.29 is 0 Å². The first kappa shape index (κ1) is 42.4. The number of benzene rings is 1. The molecule has 4 N–H and O–H groups in total. The van der Waals surface area contributed by atoms with Crippen molar-refractivity contribution in [3.8, 4) is 0 Å². The van der Waals surface area contributed by atoms with Gasteiger partial charge in [-0.25, -0.2) is 5.01 Å². The topological polar surface area (TPSA) is 77.4 Å². The zero-order chi connectivity index (χ0) is 36.8. The van der Waals surface area contributed by atoms with Crippen LogP contribution in [0.3, 0.4) is 0 Å². The molecule has 3 rings (SSSR count). The van der Waals surface area contributed by atoms with Gasteiger partial charge in [0.1, 0.15) is 12.2 Å². The largest absolute Gasteiger partial charge is 0.405 e. The fourth-order valence-electron chi connectivity index (χ4n) is 4.98. The summed E-state index contributed by atoms with van der Waals surface area (Å²) in [6.45, 7) is 30.7. The maximum absolute atomic E-state index is 5.47. The van der Waals surface area contributed by atoms with Crippen LogP contribution in [0.2, 0.25) is 0 Å². The van der Waals surface area contributed by atoms with E-state index in [1.807, 2.05) is 72.6 Å². The molecule has 1 fully saturated rings. The molecule has 0 spiro atoms. The van der Waals surface area contributed by atoms with E-state index in [1.54, 1.807) is 18.7 Å². The van der Waals surface area contributed by atoms with Crippen molar-refractivity contribution in [3.05, 3.63) is 146 Å². The van der Waals surface area contributed by atoms with Crippen LogP contribution in [0.4, 0.5) is 0 Å². The number of rotatable bonds is 16. The number of nitrogens with two attached hydrogens (primary N) is 2. The van der Waals surface area contributed by atoms with Crippen LogP contribution in [0, 0.1) is 12.8 Å². The Kier molecular flexibility index (Phi) is 20.4. The van der Waals surface area contributed by atoms with Gasteiger partial charge in [0.2, 0.25) is 0 Å². The molecule has 1 aliphatic carbocycles. The number of hydrogen-bond donors (Lipinski definition) is 2. The second-order valence-corrected chi connectivity index (χ2v) is 12.7. The molecule has 0 saturated heterocycles. The van der Waals surface area contributed by atoms with Gasteiger partial charge in [0.05, 0.1) is 6.04 Å². The van der Waals surface area contributed by atoms with E-state index in [-0.39, 0.29) is 0 Å². The summed E-state index contributed by atoms with van der Waals surface area (Å²) in [7, 11) is 4.07. The summed E-state index contributed by atoms with van der Waals surface area (Å²) in [5.74, 6) is 1.66. The SMILES string of the molecule is C=C(/C=C\C(=C)N(C)CCN(C)C(=C)/C=C\C(=C)N1C=NN(C(C)CC)C1=C)CC.Cc1ccccc1.N/C=C\C(=C/N)CC1CCCC1. The van der Waals surface area contributed by atoms with Gasteiger partial charge < -0.3 is 21.3 Å². The standard InChI is InChI=1S/C25H39N5.C10H18N2.C7H8/c1-11-20(3)13-14-22(5)27(9)17-18-28(10)23(6)15-16-24(7)29-19-26-30(25(29)8)21(4)12-2;11-6-5-10(8-12)7-9-3-1-2-4-9;1-7-5-3-2-4-6-7/h13-16,19,21H,3,5-8,11-12,17-18H2,1-2,4,9-10H3;5-6,8-9H,1-4,7,11-12H2;2-6H,1H3/b14-13-,16-15-;6-5-,10-8+;. The highest BCUT2D eigenvalue weighted by molar-refractivity contribution is 5.64. The summed E-state index contributed by atoms with van der Waals surface area (Å²) in [6.07, 6.45) is 23.4. The van der Waals surface area contributed by atoms with Gasteiger partial charge in [0, 0.05) is 44.3 Å². The Balaban J connectivity index is 0.000000507. The molecule has 1 heterocycles. The number of nitrogens with zero attached hydrogens (tertiary/aromatic N) is 5. The van der Waals surface area contributed by atoms with E-state index in [9.17, 15) is 0 Å². The van der Waals surface area contributed by atoms with Gasteiger partial charge >= 0.3 is 0 Å². The Morgan fingerprint density at radius 1 is 0.918 bits per heavy atom. The molecule has 1 aliphatic heterocycles. The molecule has 1 saturated carbocycles. The molecular weight excluding hydrogens is 603 g/mol. The Morgan fingerprint density at radius 3 is 1.96 bits per heavy atom. The minimum absolute atomic E-state index is 0.304. The van der Waals surface area contributed by atoms with Crippen molar-refractivity contribution in [2.45, 2.75) is 78.7 Å². The van der Waals surface area contributed by atoms with Crippen molar-refractivity contribution >= 4 is 6.34 Å². The number of allylic oxidation sites excluding steroid dienone is 7. The van der Waals surface area contributed by atoms with Gasteiger partial charge in [0.25, 0.3) is 0 Å². The van der Waals surface area contributed by atoms with Gasteiger partial charge in [-0.05, 0) is 81.3 Å². The minimum atomic E-state index is 0.304. The zero-order valence-electron chi connectivity index (χ0n) is 31.5. The quantitative estimate of drug-likeness (QED) is 0.171. The number of likely N-dealkylation sites (N-methyl/N-ethyl adjacent to an activating group) is 2. The van der Waals surface area contributed by atoms with Gasteiger partial charge in [-0.2, -0.15) is 5.10 Å². The van der Waals surface area contributed by atoms with Crippen molar-refractivity contribution in [1.82, 2.24) is 19.7 Å². The van der Waals surface area contributed by atoms with Gasteiger partial charge in [-0.3, -0.25) is 4.90 Å². The van der Waals surface area contributed by atoms with E-state index in [1.165, 1.54) is 36.8 Å². The minimum Gasteiger partial charge on any atom is -0.405 e. The third-order valence-electron chi connectivity index (χ3n) is 8.80. The van der Waals surface area contributed by atoms with Crippen LogP contribution in [0.5, 0.6) is 0 Å². The second kappa shape index (κ2) is 23.6. The van der Waals surface area contributed by atoms with Crippen LogP contribution in [0.15, 0.2) is 145 Å². The van der Waals surface area contributed by atoms with Crippen LogP contribution in [0.25, 0.3) is 0 Å². The first-order valence-corrected chi connectivity index (χ1v) is 17.5. The van der Waals surface area contributed by atoms with Gasteiger partial charge in [0.15, 0.2) is 0 Å². The maximum atomic E-state index is 5.47. The molecule has 1 aromatic carbocycles. The van der Waals surface area contributed by atoms with Crippen molar-refractivity contribution in [2.24, 2.45) is 22.5 Å². The van der Waals surface area contributed by atoms with E-state index in [2.05, 4.69) is 87.6 Å². The first-order valence-electron chi connectivity index (χ1n) is 17.5. The van der Waals surface area contributed by atoms with Gasteiger partial charge in [-0.15, -0.1) is 0 Å². The van der Waals surface area contributed by atoms with Gasteiger partial charge in [-0.1, -0.05) is 120 Å². The lowest BCUT2D eigenvalue weighted by molar-refractivity contribution is 0.260. The van der Waals surface area contributed by atoms with E-state index in [4.69, 9.17) is 11.5 Å². The summed E-state index contributed by atoms with van der Waals surface area (Å²) in [5, 5.41) is 6.35. The third kappa shape index (κ3) is 16.3. The molecule has 268 valence electrons. The molecule has 7 heteroatoms. The average molecular weight is 668 g/mol. The molecule has 7 nitrogen and oxygen atoms in total. The smallest absolute Gasteiger partial charge is 0.128 e. The Hall–Kier alpha value is -4.65. The number of hydrogen-bond acceptors (Lipinski definition) is 7. The lowest BCUT2D eigenvalue weighted by atomic mass is 9.98. The highest BCUT2D eigenvalue weighted by Crippen LogP contribution is 2.30. The Bertz CT molecular complexity index is 1340. The number of hydrazone groups is 1. The normalized spacial score (nSPS) is 15.3. The van der Waals surface area contributed by atoms with Crippen molar-refractivity contribution in [3.63, 3.8) is 0 Å². The maximum Gasteiger partial charge on any atom is 0.128 e. The molecule has 1 unspecified atom stereocenters. The summed E-state index contributed by atoms with van der Waals surface area (Å²) >= 11 is 0. The molecule has 0 amide bonds. The van der Waals surface area contributed by atoms with Crippen LogP contribution in [-0.2, 0) is 0 Å². The van der Waals surface area contributed by atoms with Crippen molar-refractivity contribution in [2.75, 3.05) is 27.2 Å². The summed E-state index contributed by atoms with van der Waals surface area (Å²) in [4.78, 5) is 6.13. The summed E-state index contributed by atoms with van der Waals surface area (Å²) < 4.78 is 0. The van der Waals surface area contributed by atoms with E-state index >= 15 is 0 Å². The lowest BCUT2D eigenvalue weighted by Crippen LogP contribution is -2.29.